The fourth-order valence-corrected chi connectivity index (χ4v) is 7.45. The molecule has 0 fully saturated rings. The Bertz CT molecular complexity index is 2410. The number of aryl methyl sites for hydroxylation is 3. The summed E-state index contributed by atoms with van der Waals surface area (Å²) < 4.78 is 44.1. The van der Waals surface area contributed by atoms with E-state index in [1.807, 2.05) is 46.0 Å². The van der Waals surface area contributed by atoms with Gasteiger partial charge in [0.1, 0.15) is 17.5 Å². The van der Waals surface area contributed by atoms with Crippen LogP contribution in [0.25, 0.3) is 22.5 Å². The largest absolute Gasteiger partial charge is 0.357 e. The van der Waals surface area contributed by atoms with Gasteiger partial charge in [0.05, 0.1) is 41.5 Å². The molecule has 2 aromatic heterocycles. The third kappa shape index (κ3) is 7.48. The van der Waals surface area contributed by atoms with E-state index in [0.29, 0.717) is 41.0 Å². The number of fused-ring (bicyclic) bond motifs is 6. The van der Waals surface area contributed by atoms with E-state index in [0.717, 1.165) is 72.6 Å². The first-order valence-corrected chi connectivity index (χ1v) is 18.4. The van der Waals surface area contributed by atoms with Crippen LogP contribution in [0, 0.1) is 65.9 Å². The fraction of sp³-hybridized carbons (Fsp3) is 0.277. The maximum atomic E-state index is 14.9. The van der Waals surface area contributed by atoms with Crippen molar-refractivity contribution in [1.29, 1.82) is 0 Å². The van der Waals surface area contributed by atoms with E-state index in [-0.39, 0.29) is 32.8 Å². The monoisotopic (exact) mass is 784 g/mol. The van der Waals surface area contributed by atoms with Crippen molar-refractivity contribution in [2.45, 2.75) is 76.4 Å². The lowest BCUT2D eigenvalue weighted by Gasteiger charge is -2.19. The Kier molecular flexibility index (Phi) is 12.6. The minimum atomic E-state index is -0.631. The van der Waals surface area contributed by atoms with E-state index >= 15 is 0 Å². The second kappa shape index (κ2) is 17.1. The van der Waals surface area contributed by atoms with Crippen molar-refractivity contribution in [2.24, 2.45) is 9.98 Å². The molecule has 0 atom stereocenters. The van der Waals surface area contributed by atoms with E-state index in [4.69, 9.17) is 9.98 Å². The summed E-state index contributed by atoms with van der Waals surface area (Å²) in [5, 5.41) is 5.97. The van der Waals surface area contributed by atoms with Gasteiger partial charge in [-0.1, -0.05) is 33.1 Å². The van der Waals surface area contributed by atoms with Gasteiger partial charge in [-0.25, -0.2) is 33.1 Å². The highest BCUT2D eigenvalue weighted by Gasteiger charge is 2.28. The number of anilines is 2. The van der Waals surface area contributed by atoms with Crippen molar-refractivity contribution in [2.75, 3.05) is 24.7 Å². The molecule has 2 aliphatic rings. The Morgan fingerprint density at radius 3 is 1.31 bits per heavy atom. The van der Waals surface area contributed by atoms with Crippen LogP contribution in [0.5, 0.6) is 0 Å². The summed E-state index contributed by atoms with van der Waals surface area (Å²) in [4.78, 5) is 27.5. The van der Waals surface area contributed by atoms with Gasteiger partial charge in [0.2, 0.25) is 11.9 Å². The third-order valence-electron chi connectivity index (χ3n) is 11.0. The van der Waals surface area contributed by atoms with Crippen LogP contribution in [0.4, 0.5) is 25.1 Å². The number of nitrogens with one attached hydrogen (secondary N) is 2. The van der Waals surface area contributed by atoms with Crippen molar-refractivity contribution in [3.8, 4) is 22.5 Å². The molecule has 0 radical (unpaired) electrons. The van der Waals surface area contributed by atoms with E-state index in [9.17, 15) is 13.2 Å². The molecule has 58 heavy (non-hydrogen) atoms. The molecule has 8 rings (SSSR count). The molecule has 0 amide bonds. The standard InChI is InChI=1S/C23H23FN4.C22H20F2N4.2CH4/c1-12-7-6-8-18(24)19(12)22-17-9-13(2)14(3)15(4)20(17)21-16(10-26-22)11-27-23(25-5)28-21;1-11-8-15-18(13(3)12(11)2)20-14(10-27-22(25-4)28-20)9-26-21(15)19-16(23)6-5-7-17(19)24;;/h6-9,11H,10H2,1-5H3,(H,25,27,28);5-8,10H,9H2,1-4H3,(H,25,27,28);2*1H4. The fourth-order valence-electron chi connectivity index (χ4n) is 7.45. The molecule has 11 heteroatoms. The van der Waals surface area contributed by atoms with Crippen LogP contribution >= 0.6 is 0 Å². The van der Waals surface area contributed by atoms with Gasteiger partial charge < -0.3 is 10.6 Å². The Morgan fingerprint density at radius 2 is 0.897 bits per heavy atom. The van der Waals surface area contributed by atoms with Crippen LogP contribution in [-0.2, 0) is 13.1 Å². The second-order valence-corrected chi connectivity index (χ2v) is 14.2. The molecule has 0 saturated heterocycles. The molecule has 0 saturated carbocycles. The highest BCUT2D eigenvalue weighted by molar-refractivity contribution is 6.19. The molecule has 8 nitrogen and oxygen atoms in total. The van der Waals surface area contributed by atoms with Crippen LogP contribution < -0.4 is 10.6 Å². The quantitative estimate of drug-likeness (QED) is 0.185. The van der Waals surface area contributed by atoms with Crippen molar-refractivity contribution < 1.29 is 13.2 Å². The zero-order valence-corrected chi connectivity index (χ0v) is 33.0. The molecule has 0 bridgehead atoms. The van der Waals surface area contributed by atoms with E-state index < -0.39 is 11.6 Å². The van der Waals surface area contributed by atoms with Crippen molar-refractivity contribution in [3.63, 3.8) is 0 Å². The Balaban J connectivity index is 0.000000214. The third-order valence-corrected chi connectivity index (χ3v) is 11.0. The van der Waals surface area contributed by atoms with Crippen LogP contribution in [0.15, 0.2) is 70.9 Å². The number of benzene rings is 4. The Hall–Kier alpha value is -6.23. The van der Waals surface area contributed by atoms with Gasteiger partial charge in [-0.05, 0) is 118 Å². The Morgan fingerprint density at radius 1 is 0.500 bits per heavy atom. The molecule has 4 aromatic carbocycles. The lowest BCUT2D eigenvalue weighted by atomic mass is 9.86. The summed E-state index contributed by atoms with van der Waals surface area (Å²) in [7, 11) is 3.56. The minimum Gasteiger partial charge on any atom is -0.357 e. The number of hydrogen-bond acceptors (Lipinski definition) is 8. The lowest BCUT2D eigenvalue weighted by molar-refractivity contribution is 0.579. The molecule has 300 valence electrons. The molecule has 0 spiro atoms. The summed E-state index contributed by atoms with van der Waals surface area (Å²) in [5.74, 6) is -0.466. The number of nitrogens with zero attached hydrogens (tertiary/aromatic N) is 6. The first-order valence-electron chi connectivity index (χ1n) is 18.4. The van der Waals surface area contributed by atoms with Gasteiger partial charge >= 0.3 is 0 Å². The number of aromatic nitrogens is 4. The maximum absolute atomic E-state index is 14.9. The zero-order valence-electron chi connectivity index (χ0n) is 33.0. The van der Waals surface area contributed by atoms with Crippen LogP contribution in [0.3, 0.4) is 0 Å². The van der Waals surface area contributed by atoms with E-state index in [1.54, 1.807) is 26.4 Å². The summed E-state index contributed by atoms with van der Waals surface area (Å²) in [5.41, 5.74) is 15.8. The van der Waals surface area contributed by atoms with Crippen molar-refractivity contribution in [3.05, 3.63) is 151 Å². The second-order valence-electron chi connectivity index (χ2n) is 14.2. The number of halogens is 3. The normalized spacial score (nSPS) is 12.3. The lowest BCUT2D eigenvalue weighted by Crippen LogP contribution is -2.12. The van der Waals surface area contributed by atoms with E-state index in [1.165, 1.54) is 29.8 Å². The summed E-state index contributed by atoms with van der Waals surface area (Å²) >= 11 is 0. The SMILES string of the molecule is C.C.CNc1ncc2c(n1)-c1c(cc(C)c(C)c1C)C(c1c(C)cccc1F)=NC2.CNc1ncc2c(n1)-c1c(cc(C)c(C)c1C)C(c1c(F)cccc1F)=NC2. The van der Waals surface area contributed by atoms with Crippen LogP contribution in [0.2, 0.25) is 0 Å². The van der Waals surface area contributed by atoms with Crippen LogP contribution in [-0.4, -0.2) is 45.5 Å². The highest BCUT2D eigenvalue weighted by atomic mass is 19.1. The summed E-state index contributed by atoms with van der Waals surface area (Å²) in [6.07, 6.45) is 3.53. The predicted molar refractivity (Wildman–Crippen MR) is 232 cm³/mol. The number of rotatable bonds is 4. The Labute approximate surface area is 339 Å². The van der Waals surface area contributed by atoms with E-state index in [2.05, 4.69) is 57.4 Å². The molecule has 2 N–H and O–H groups in total. The summed E-state index contributed by atoms with van der Waals surface area (Å²) in [6.45, 7) is 14.9. The van der Waals surface area contributed by atoms with Gasteiger partial charge in [-0.3, -0.25) is 9.98 Å². The molecule has 0 aliphatic carbocycles. The van der Waals surface area contributed by atoms with Crippen LogP contribution in [0.1, 0.15) is 87.2 Å². The first kappa shape index (κ1) is 42.9. The van der Waals surface area contributed by atoms with Crippen molar-refractivity contribution >= 4 is 23.3 Å². The molecular weight excluding hydrogens is 734 g/mol. The minimum absolute atomic E-state index is 0. The molecular formula is C47H51F3N8. The zero-order chi connectivity index (χ0) is 40.0. The van der Waals surface area contributed by atoms with Gasteiger partial charge in [-0.15, -0.1) is 0 Å². The molecule has 6 aromatic rings. The maximum Gasteiger partial charge on any atom is 0.222 e. The predicted octanol–water partition coefficient (Wildman–Crippen LogP) is 10.9. The average molecular weight is 785 g/mol. The first-order chi connectivity index (χ1) is 26.8. The smallest absolute Gasteiger partial charge is 0.222 e. The highest BCUT2D eigenvalue weighted by Crippen LogP contribution is 2.39. The summed E-state index contributed by atoms with van der Waals surface area (Å²) in [6, 6.07) is 13.1. The van der Waals surface area contributed by atoms with Gasteiger partial charge in [0.15, 0.2) is 0 Å². The van der Waals surface area contributed by atoms with Gasteiger partial charge in [0, 0.05) is 65.4 Å². The van der Waals surface area contributed by atoms with Crippen molar-refractivity contribution in [1.82, 2.24) is 19.9 Å². The number of hydrogen-bond donors (Lipinski definition) is 2. The van der Waals surface area contributed by atoms with Gasteiger partial charge in [-0.2, -0.15) is 0 Å². The molecule has 0 unspecified atom stereocenters. The van der Waals surface area contributed by atoms with Gasteiger partial charge in [0.25, 0.3) is 0 Å². The molecule has 4 heterocycles. The topological polar surface area (TPSA) is 100 Å². The number of aliphatic imine (C=N–C) groups is 2. The average Bonchev–Trinajstić information content (AvgIpc) is 3.43. The molecule has 2 aliphatic heterocycles.